The maximum Gasteiger partial charge on any atom is 0.258 e. The van der Waals surface area contributed by atoms with Crippen LogP contribution in [0.3, 0.4) is 0 Å². The highest BCUT2D eigenvalue weighted by molar-refractivity contribution is 8.00. The summed E-state index contributed by atoms with van der Waals surface area (Å²) in [6, 6.07) is 7.34. The minimum absolute atomic E-state index is 0.0531. The number of rotatable bonds is 8. The van der Waals surface area contributed by atoms with Crippen molar-refractivity contribution < 1.29 is 9.59 Å². The summed E-state index contributed by atoms with van der Waals surface area (Å²) in [6.07, 6.45) is 0.838. The van der Waals surface area contributed by atoms with Crippen LogP contribution in [0.25, 0.3) is 0 Å². The van der Waals surface area contributed by atoms with Crippen molar-refractivity contribution in [1.29, 1.82) is 0 Å². The Morgan fingerprint density at radius 1 is 1.15 bits per heavy atom. The number of benzene rings is 1. The van der Waals surface area contributed by atoms with Gasteiger partial charge in [-0.05, 0) is 31.9 Å². The smallest absolute Gasteiger partial charge is 0.258 e. The molecule has 140 valence electrons. The molecule has 2 rings (SSSR count). The SMILES string of the molecule is CC(C)Cc1nnc(NC(=O)c2ccccc2SCC(=O)NC(C)C)s1. The highest BCUT2D eigenvalue weighted by atomic mass is 32.2. The molecule has 1 aromatic heterocycles. The molecule has 6 nitrogen and oxygen atoms in total. The van der Waals surface area contributed by atoms with Gasteiger partial charge >= 0.3 is 0 Å². The van der Waals surface area contributed by atoms with Crippen LogP contribution in [0, 0.1) is 5.92 Å². The molecule has 0 unspecified atom stereocenters. The number of nitrogens with zero attached hydrogens (tertiary/aromatic N) is 2. The lowest BCUT2D eigenvalue weighted by Gasteiger charge is -2.10. The minimum Gasteiger partial charge on any atom is -0.353 e. The Labute approximate surface area is 162 Å². The molecule has 2 amide bonds. The van der Waals surface area contributed by atoms with Gasteiger partial charge in [-0.2, -0.15) is 0 Å². The van der Waals surface area contributed by atoms with Crippen LogP contribution >= 0.6 is 23.1 Å². The second kappa shape index (κ2) is 9.68. The van der Waals surface area contributed by atoms with Gasteiger partial charge in [0.15, 0.2) is 0 Å². The molecule has 0 radical (unpaired) electrons. The van der Waals surface area contributed by atoms with Crippen molar-refractivity contribution in [2.45, 2.75) is 45.1 Å². The van der Waals surface area contributed by atoms with E-state index < -0.39 is 0 Å². The number of hydrogen-bond acceptors (Lipinski definition) is 6. The van der Waals surface area contributed by atoms with Gasteiger partial charge in [0, 0.05) is 17.4 Å². The third-order valence-corrected chi connectivity index (χ3v) is 5.14. The first kappa shape index (κ1) is 20.4. The van der Waals surface area contributed by atoms with Crippen molar-refractivity contribution in [3.8, 4) is 0 Å². The van der Waals surface area contributed by atoms with E-state index in [2.05, 4.69) is 34.7 Å². The molecule has 2 N–H and O–H groups in total. The van der Waals surface area contributed by atoms with Crippen LogP contribution in [0.1, 0.15) is 43.1 Å². The third kappa shape index (κ3) is 6.42. The van der Waals surface area contributed by atoms with Crippen LogP contribution in [-0.2, 0) is 11.2 Å². The van der Waals surface area contributed by atoms with Crippen LogP contribution in [0.5, 0.6) is 0 Å². The van der Waals surface area contributed by atoms with E-state index in [1.165, 1.54) is 23.1 Å². The fourth-order valence-electron chi connectivity index (χ4n) is 2.19. The first-order valence-electron chi connectivity index (χ1n) is 8.50. The second-order valence-electron chi connectivity index (χ2n) is 6.56. The van der Waals surface area contributed by atoms with Gasteiger partial charge in [0.1, 0.15) is 5.01 Å². The molecule has 1 aromatic carbocycles. The standard InChI is InChI=1S/C18H24N4O2S2/c1-11(2)9-16-21-22-18(26-16)20-17(24)13-7-5-6-8-14(13)25-10-15(23)19-12(3)4/h5-8,11-12H,9-10H2,1-4H3,(H,19,23)(H,20,22,24). The lowest BCUT2D eigenvalue weighted by Crippen LogP contribution is -2.31. The Bertz CT molecular complexity index is 759. The largest absolute Gasteiger partial charge is 0.353 e. The number of amides is 2. The van der Waals surface area contributed by atoms with Crippen molar-refractivity contribution in [2.75, 3.05) is 11.1 Å². The van der Waals surface area contributed by atoms with E-state index in [0.717, 1.165) is 16.3 Å². The number of hydrogen-bond donors (Lipinski definition) is 2. The van der Waals surface area contributed by atoms with E-state index in [9.17, 15) is 9.59 Å². The van der Waals surface area contributed by atoms with Gasteiger partial charge in [-0.15, -0.1) is 22.0 Å². The molecule has 0 saturated carbocycles. The lowest BCUT2D eigenvalue weighted by molar-refractivity contribution is -0.119. The number of carbonyl (C=O) groups is 2. The fourth-order valence-corrected chi connectivity index (χ4v) is 4.00. The zero-order valence-electron chi connectivity index (χ0n) is 15.4. The Morgan fingerprint density at radius 3 is 2.58 bits per heavy atom. The fraction of sp³-hybridized carbons (Fsp3) is 0.444. The molecule has 26 heavy (non-hydrogen) atoms. The van der Waals surface area contributed by atoms with Gasteiger partial charge in [-0.3, -0.25) is 14.9 Å². The molecule has 0 aliphatic rings. The number of carbonyl (C=O) groups excluding carboxylic acids is 2. The Morgan fingerprint density at radius 2 is 1.88 bits per heavy atom. The van der Waals surface area contributed by atoms with E-state index in [0.29, 0.717) is 16.6 Å². The highest BCUT2D eigenvalue weighted by Gasteiger charge is 2.15. The van der Waals surface area contributed by atoms with Gasteiger partial charge < -0.3 is 5.32 Å². The summed E-state index contributed by atoms with van der Waals surface area (Å²) in [5.41, 5.74) is 0.524. The monoisotopic (exact) mass is 392 g/mol. The van der Waals surface area contributed by atoms with Crippen LogP contribution < -0.4 is 10.6 Å². The maximum atomic E-state index is 12.6. The molecular weight excluding hydrogens is 368 g/mol. The van der Waals surface area contributed by atoms with Gasteiger partial charge in [0.25, 0.3) is 5.91 Å². The van der Waals surface area contributed by atoms with E-state index >= 15 is 0 Å². The topological polar surface area (TPSA) is 84.0 Å². The van der Waals surface area contributed by atoms with E-state index in [1.54, 1.807) is 12.1 Å². The molecule has 2 aromatic rings. The molecule has 1 heterocycles. The van der Waals surface area contributed by atoms with Crippen molar-refractivity contribution >= 4 is 40.0 Å². The van der Waals surface area contributed by atoms with Crippen LogP contribution in [-0.4, -0.2) is 33.8 Å². The number of anilines is 1. The van der Waals surface area contributed by atoms with Gasteiger partial charge in [0.05, 0.1) is 11.3 Å². The van der Waals surface area contributed by atoms with Crippen LogP contribution in [0.2, 0.25) is 0 Å². The normalized spacial score (nSPS) is 11.0. The molecule has 0 aliphatic carbocycles. The summed E-state index contributed by atoms with van der Waals surface area (Å²) < 4.78 is 0. The number of aromatic nitrogens is 2. The molecule has 0 bridgehead atoms. The molecule has 0 saturated heterocycles. The average Bonchev–Trinajstić information content (AvgIpc) is 2.98. The van der Waals surface area contributed by atoms with Crippen molar-refractivity contribution in [2.24, 2.45) is 5.92 Å². The molecule has 8 heteroatoms. The molecule has 0 atom stereocenters. The van der Waals surface area contributed by atoms with Gasteiger partial charge in [-0.25, -0.2) is 0 Å². The molecular formula is C18H24N4O2S2. The average molecular weight is 393 g/mol. The van der Waals surface area contributed by atoms with Crippen LogP contribution in [0.4, 0.5) is 5.13 Å². The lowest BCUT2D eigenvalue weighted by atomic mass is 10.1. The zero-order chi connectivity index (χ0) is 19.1. The summed E-state index contributed by atoms with van der Waals surface area (Å²) in [7, 11) is 0. The highest BCUT2D eigenvalue weighted by Crippen LogP contribution is 2.24. The predicted molar refractivity (Wildman–Crippen MR) is 107 cm³/mol. The Kier molecular flexibility index (Phi) is 7.59. The number of nitrogens with one attached hydrogen (secondary N) is 2. The zero-order valence-corrected chi connectivity index (χ0v) is 17.0. The quantitative estimate of drug-likeness (QED) is 0.671. The minimum atomic E-state index is -0.246. The van der Waals surface area contributed by atoms with Crippen molar-refractivity contribution in [1.82, 2.24) is 15.5 Å². The molecule has 0 spiro atoms. The Balaban J connectivity index is 2.02. The van der Waals surface area contributed by atoms with E-state index in [4.69, 9.17) is 0 Å². The first-order valence-corrected chi connectivity index (χ1v) is 10.3. The van der Waals surface area contributed by atoms with Crippen molar-refractivity contribution in [3.05, 3.63) is 34.8 Å². The number of thioether (sulfide) groups is 1. The van der Waals surface area contributed by atoms with Crippen molar-refractivity contribution in [3.63, 3.8) is 0 Å². The van der Waals surface area contributed by atoms with Gasteiger partial charge in [-0.1, -0.05) is 37.3 Å². The predicted octanol–water partition coefficient (Wildman–Crippen LogP) is 3.61. The molecule has 0 aliphatic heterocycles. The van der Waals surface area contributed by atoms with Gasteiger partial charge in [0.2, 0.25) is 11.0 Å². The Hall–Kier alpha value is -1.93. The van der Waals surface area contributed by atoms with E-state index in [1.807, 2.05) is 26.0 Å². The maximum absolute atomic E-state index is 12.6. The second-order valence-corrected chi connectivity index (χ2v) is 8.64. The summed E-state index contributed by atoms with van der Waals surface area (Å²) in [6.45, 7) is 8.06. The van der Waals surface area contributed by atoms with Crippen LogP contribution in [0.15, 0.2) is 29.2 Å². The summed E-state index contributed by atoms with van der Waals surface area (Å²) in [4.78, 5) is 25.2. The third-order valence-electron chi connectivity index (χ3n) is 3.21. The molecule has 0 fully saturated rings. The summed E-state index contributed by atoms with van der Waals surface area (Å²) >= 11 is 2.73. The van der Waals surface area contributed by atoms with E-state index in [-0.39, 0.29) is 23.6 Å². The summed E-state index contributed by atoms with van der Waals surface area (Å²) in [5, 5.41) is 15.2. The first-order chi connectivity index (χ1) is 12.3. The summed E-state index contributed by atoms with van der Waals surface area (Å²) in [5.74, 6) is 0.452.